The van der Waals surface area contributed by atoms with E-state index in [2.05, 4.69) is 31.7 Å². The number of likely N-dealkylation sites (tertiary alicyclic amines) is 1. The van der Waals surface area contributed by atoms with Gasteiger partial charge < -0.3 is 14.4 Å². The van der Waals surface area contributed by atoms with E-state index in [1.54, 1.807) is 4.68 Å². The van der Waals surface area contributed by atoms with Gasteiger partial charge in [-0.05, 0) is 51.9 Å². The predicted octanol–water partition coefficient (Wildman–Crippen LogP) is 1.57. The number of amides is 1. The zero-order chi connectivity index (χ0) is 19.0. The summed E-state index contributed by atoms with van der Waals surface area (Å²) in [5.41, 5.74) is 1.49. The molecule has 0 aromatic carbocycles. The summed E-state index contributed by atoms with van der Waals surface area (Å²) in [7, 11) is 1.86. The molecule has 4 rings (SSSR count). The molecule has 1 saturated heterocycles. The number of nitrogens with zero attached hydrogens (tertiary/aromatic N) is 7. The van der Waals surface area contributed by atoms with Gasteiger partial charge in [-0.25, -0.2) is 0 Å². The third-order valence-electron chi connectivity index (χ3n) is 5.89. The van der Waals surface area contributed by atoms with Crippen molar-refractivity contribution in [1.29, 1.82) is 0 Å². The molecular weight excluding hydrogens is 342 g/mol. The summed E-state index contributed by atoms with van der Waals surface area (Å²) in [5.74, 6) is 2.47. The Morgan fingerprint density at radius 1 is 1.19 bits per heavy atom. The Labute approximate surface area is 160 Å². The van der Waals surface area contributed by atoms with E-state index in [-0.39, 0.29) is 5.91 Å². The van der Waals surface area contributed by atoms with Crippen LogP contribution in [-0.4, -0.2) is 66.4 Å². The van der Waals surface area contributed by atoms with E-state index in [0.29, 0.717) is 24.7 Å². The van der Waals surface area contributed by atoms with Crippen molar-refractivity contribution in [2.24, 2.45) is 7.05 Å². The molecule has 8 nitrogen and oxygen atoms in total. The Bertz CT molecular complexity index is 797. The van der Waals surface area contributed by atoms with Gasteiger partial charge in [0.15, 0.2) is 11.5 Å². The number of carbonyl (C=O) groups excluding carboxylic acids is 1. The van der Waals surface area contributed by atoms with Gasteiger partial charge in [0.05, 0.1) is 6.54 Å². The second-order valence-electron chi connectivity index (χ2n) is 7.76. The lowest BCUT2D eigenvalue weighted by Crippen LogP contribution is -2.39. The molecule has 4 heterocycles. The van der Waals surface area contributed by atoms with E-state index in [4.69, 9.17) is 0 Å². The first-order valence-corrected chi connectivity index (χ1v) is 10.0. The van der Waals surface area contributed by atoms with Gasteiger partial charge in [0.25, 0.3) is 5.91 Å². The highest BCUT2D eigenvalue weighted by atomic mass is 16.2. The fourth-order valence-electron chi connectivity index (χ4n) is 4.21. The average molecular weight is 371 g/mol. The zero-order valence-electron chi connectivity index (χ0n) is 16.6. The predicted molar refractivity (Wildman–Crippen MR) is 101 cm³/mol. The van der Waals surface area contributed by atoms with Crippen molar-refractivity contribution in [3.05, 3.63) is 29.1 Å². The van der Waals surface area contributed by atoms with Crippen LogP contribution in [-0.2, 0) is 20.1 Å². The molecule has 0 saturated carbocycles. The molecule has 0 unspecified atom stereocenters. The summed E-state index contributed by atoms with van der Waals surface area (Å²) in [6.07, 6.45) is 3.51. The lowest BCUT2D eigenvalue weighted by Gasteiger charge is -2.32. The first-order valence-electron chi connectivity index (χ1n) is 10.0. The van der Waals surface area contributed by atoms with Crippen molar-refractivity contribution >= 4 is 5.91 Å². The van der Waals surface area contributed by atoms with Gasteiger partial charge in [-0.1, -0.05) is 6.92 Å². The summed E-state index contributed by atoms with van der Waals surface area (Å²) < 4.78 is 3.98. The molecule has 2 aromatic rings. The van der Waals surface area contributed by atoms with Crippen LogP contribution in [0.3, 0.4) is 0 Å². The Morgan fingerprint density at radius 3 is 2.63 bits per heavy atom. The SMILES string of the molecule is CCCN1CCC(c2nnc3n2CCN(C(=O)c2cc(C)n(C)n2)C3)CC1. The van der Waals surface area contributed by atoms with Crippen LogP contribution in [0.15, 0.2) is 6.07 Å². The lowest BCUT2D eigenvalue weighted by atomic mass is 9.95. The van der Waals surface area contributed by atoms with E-state index in [9.17, 15) is 4.79 Å². The Kier molecular flexibility index (Phi) is 4.99. The highest BCUT2D eigenvalue weighted by Crippen LogP contribution is 2.28. The number of rotatable bonds is 4. The summed E-state index contributed by atoms with van der Waals surface area (Å²) in [5, 5.41) is 13.3. The van der Waals surface area contributed by atoms with Crippen LogP contribution in [0.1, 0.15) is 59.9 Å². The second kappa shape index (κ2) is 7.42. The zero-order valence-corrected chi connectivity index (χ0v) is 16.6. The second-order valence-corrected chi connectivity index (χ2v) is 7.76. The molecule has 2 aliphatic rings. The molecule has 0 aliphatic carbocycles. The molecule has 1 fully saturated rings. The Morgan fingerprint density at radius 2 is 1.96 bits per heavy atom. The highest BCUT2D eigenvalue weighted by Gasteiger charge is 2.30. The normalized spacial score (nSPS) is 18.7. The third kappa shape index (κ3) is 3.50. The highest BCUT2D eigenvalue weighted by molar-refractivity contribution is 5.92. The summed E-state index contributed by atoms with van der Waals surface area (Å²) in [6, 6.07) is 1.84. The molecular formula is C19H29N7O. The van der Waals surface area contributed by atoms with Gasteiger partial charge in [0.1, 0.15) is 5.82 Å². The van der Waals surface area contributed by atoms with Crippen LogP contribution < -0.4 is 0 Å². The minimum absolute atomic E-state index is 0.0256. The largest absolute Gasteiger partial charge is 0.328 e. The van der Waals surface area contributed by atoms with Gasteiger partial charge in [0.2, 0.25) is 0 Å². The number of fused-ring (bicyclic) bond motifs is 1. The maximum Gasteiger partial charge on any atom is 0.274 e. The number of hydrogen-bond acceptors (Lipinski definition) is 5. The Hall–Kier alpha value is -2.22. The fraction of sp³-hybridized carbons (Fsp3) is 0.684. The van der Waals surface area contributed by atoms with Crippen molar-refractivity contribution in [3.63, 3.8) is 0 Å². The minimum Gasteiger partial charge on any atom is -0.328 e. The standard InChI is InChI=1S/C19H29N7O/c1-4-7-24-8-5-15(6-9-24)18-21-20-17-13-25(10-11-26(17)18)19(27)16-12-14(2)23(3)22-16/h12,15H,4-11,13H2,1-3H3. The van der Waals surface area contributed by atoms with Crippen molar-refractivity contribution in [3.8, 4) is 0 Å². The molecule has 146 valence electrons. The summed E-state index contributed by atoms with van der Waals surface area (Å²) in [6.45, 7) is 9.63. The minimum atomic E-state index is -0.0256. The molecule has 2 aromatic heterocycles. The number of aryl methyl sites for hydroxylation is 2. The fourth-order valence-corrected chi connectivity index (χ4v) is 4.21. The number of aromatic nitrogens is 5. The van der Waals surface area contributed by atoms with E-state index < -0.39 is 0 Å². The first kappa shape index (κ1) is 18.2. The van der Waals surface area contributed by atoms with Crippen LogP contribution in [0.25, 0.3) is 0 Å². The number of hydrogen-bond donors (Lipinski definition) is 0. The smallest absolute Gasteiger partial charge is 0.274 e. The molecule has 27 heavy (non-hydrogen) atoms. The number of piperidine rings is 1. The van der Waals surface area contributed by atoms with Crippen molar-refractivity contribution in [2.45, 2.75) is 52.1 Å². The topological polar surface area (TPSA) is 72.1 Å². The van der Waals surface area contributed by atoms with Crippen molar-refractivity contribution < 1.29 is 4.79 Å². The molecule has 1 amide bonds. The maximum atomic E-state index is 12.8. The molecule has 0 atom stereocenters. The molecule has 0 bridgehead atoms. The van der Waals surface area contributed by atoms with Crippen LogP contribution in [0.4, 0.5) is 0 Å². The van der Waals surface area contributed by atoms with Crippen LogP contribution in [0.5, 0.6) is 0 Å². The van der Waals surface area contributed by atoms with Gasteiger partial charge in [-0.2, -0.15) is 5.10 Å². The summed E-state index contributed by atoms with van der Waals surface area (Å²) in [4.78, 5) is 17.1. The molecule has 0 radical (unpaired) electrons. The first-order chi connectivity index (χ1) is 13.1. The number of carbonyl (C=O) groups is 1. The quantitative estimate of drug-likeness (QED) is 0.816. The van der Waals surface area contributed by atoms with Crippen LogP contribution >= 0.6 is 0 Å². The molecule has 0 N–H and O–H groups in total. The van der Waals surface area contributed by atoms with Crippen LogP contribution in [0, 0.1) is 6.92 Å². The van der Waals surface area contributed by atoms with Gasteiger partial charge in [0, 0.05) is 31.7 Å². The molecule has 2 aliphatic heterocycles. The third-order valence-corrected chi connectivity index (χ3v) is 5.89. The monoisotopic (exact) mass is 371 g/mol. The van der Waals surface area contributed by atoms with E-state index in [1.807, 2.05) is 24.9 Å². The van der Waals surface area contributed by atoms with Gasteiger partial charge in [-0.3, -0.25) is 9.48 Å². The summed E-state index contributed by atoms with van der Waals surface area (Å²) >= 11 is 0. The maximum absolute atomic E-state index is 12.8. The average Bonchev–Trinajstić information content (AvgIpc) is 3.25. The van der Waals surface area contributed by atoms with Crippen molar-refractivity contribution in [1.82, 2.24) is 34.3 Å². The van der Waals surface area contributed by atoms with E-state index in [0.717, 1.165) is 49.8 Å². The van der Waals surface area contributed by atoms with E-state index >= 15 is 0 Å². The molecule has 0 spiro atoms. The van der Waals surface area contributed by atoms with Gasteiger partial charge >= 0.3 is 0 Å². The Balaban J connectivity index is 1.44. The van der Waals surface area contributed by atoms with Crippen molar-refractivity contribution in [2.75, 3.05) is 26.2 Å². The van der Waals surface area contributed by atoms with Gasteiger partial charge in [-0.15, -0.1) is 10.2 Å². The molecule has 8 heteroatoms. The van der Waals surface area contributed by atoms with E-state index in [1.165, 1.54) is 13.0 Å². The van der Waals surface area contributed by atoms with Crippen LogP contribution in [0.2, 0.25) is 0 Å². The lowest BCUT2D eigenvalue weighted by molar-refractivity contribution is 0.0698.